The highest BCUT2D eigenvalue weighted by molar-refractivity contribution is 5.81. The van der Waals surface area contributed by atoms with Gasteiger partial charge in [-0.25, -0.2) is 0 Å². The second kappa shape index (κ2) is 7.78. The molecule has 144 valence electrons. The van der Waals surface area contributed by atoms with E-state index >= 15 is 0 Å². The highest BCUT2D eigenvalue weighted by Crippen LogP contribution is 2.31. The van der Waals surface area contributed by atoms with Gasteiger partial charge in [0.25, 0.3) is 0 Å². The number of piperidine rings is 1. The minimum atomic E-state index is -0.0151. The average Bonchev–Trinajstić information content (AvgIpc) is 2.77. The molecule has 0 aromatic carbocycles. The van der Waals surface area contributed by atoms with Gasteiger partial charge in [0.1, 0.15) is 5.76 Å². The van der Waals surface area contributed by atoms with Crippen molar-refractivity contribution in [2.75, 3.05) is 32.7 Å². The van der Waals surface area contributed by atoms with Gasteiger partial charge in [0.2, 0.25) is 11.8 Å². The van der Waals surface area contributed by atoms with Crippen LogP contribution in [0.2, 0.25) is 0 Å². The highest BCUT2D eigenvalue weighted by atomic mass is 16.5. The molecule has 4 rings (SSSR count). The number of nitrogens with zero attached hydrogens (tertiary/aromatic N) is 4. The van der Waals surface area contributed by atoms with Gasteiger partial charge in [-0.1, -0.05) is 5.16 Å². The Morgan fingerprint density at radius 3 is 2.58 bits per heavy atom. The zero-order valence-electron chi connectivity index (χ0n) is 16.3. The Bertz CT molecular complexity index is 648. The quantitative estimate of drug-likeness (QED) is 0.768. The van der Waals surface area contributed by atoms with Crippen LogP contribution >= 0.6 is 0 Å². The normalized spacial score (nSPS) is 23.4. The van der Waals surface area contributed by atoms with Crippen molar-refractivity contribution in [3.63, 3.8) is 0 Å². The van der Waals surface area contributed by atoms with Crippen LogP contribution in [-0.2, 0) is 16.1 Å². The van der Waals surface area contributed by atoms with Crippen molar-refractivity contribution >= 4 is 11.8 Å². The SMILES string of the molecule is CCN(CC)C(=O)CN1C[C@H]2CC[C@@H](C1)N(Cc1c(C)noc1C)C2=O. The van der Waals surface area contributed by atoms with Crippen LogP contribution in [0.3, 0.4) is 0 Å². The molecule has 3 fully saturated rings. The lowest BCUT2D eigenvalue weighted by molar-refractivity contribution is -0.140. The topological polar surface area (TPSA) is 69.9 Å². The smallest absolute Gasteiger partial charge is 0.236 e. The summed E-state index contributed by atoms with van der Waals surface area (Å²) in [5, 5.41) is 4.01. The molecule has 0 radical (unpaired) electrons. The monoisotopic (exact) mass is 362 g/mol. The van der Waals surface area contributed by atoms with Crippen molar-refractivity contribution in [1.82, 2.24) is 19.9 Å². The zero-order valence-corrected chi connectivity index (χ0v) is 16.3. The van der Waals surface area contributed by atoms with E-state index < -0.39 is 0 Å². The first kappa shape index (κ1) is 18.9. The van der Waals surface area contributed by atoms with Crippen LogP contribution in [-0.4, -0.2) is 70.4 Å². The minimum Gasteiger partial charge on any atom is -0.361 e. The van der Waals surface area contributed by atoms with Gasteiger partial charge in [-0.3, -0.25) is 14.5 Å². The first-order chi connectivity index (χ1) is 12.4. The Hall–Kier alpha value is -1.89. The Morgan fingerprint density at radius 2 is 1.96 bits per heavy atom. The molecule has 26 heavy (non-hydrogen) atoms. The molecule has 1 aromatic heterocycles. The molecular formula is C19H30N4O3. The van der Waals surface area contributed by atoms with Crippen LogP contribution in [0.4, 0.5) is 0 Å². The molecule has 2 amide bonds. The maximum Gasteiger partial charge on any atom is 0.236 e. The van der Waals surface area contributed by atoms with E-state index in [1.807, 2.05) is 37.5 Å². The summed E-state index contributed by atoms with van der Waals surface area (Å²) in [5.74, 6) is 1.13. The molecule has 0 aliphatic carbocycles. The largest absolute Gasteiger partial charge is 0.361 e. The van der Waals surface area contributed by atoms with Gasteiger partial charge in [-0.2, -0.15) is 0 Å². The fourth-order valence-corrected chi connectivity index (χ4v) is 4.23. The lowest BCUT2D eigenvalue weighted by Gasteiger charge is -2.36. The van der Waals surface area contributed by atoms with Crippen molar-refractivity contribution in [2.45, 2.75) is 53.1 Å². The first-order valence-electron chi connectivity index (χ1n) is 9.66. The molecule has 7 nitrogen and oxygen atoms in total. The number of rotatable bonds is 6. The third kappa shape index (κ3) is 3.63. The summed E-state index contributed by atoms with van der Waals surface area (Å²) in [6.07, 6.45) is 1.91. The fourth-order valence-electron chi connectivity index (χ4n) is 4.23. The molecule has 2 bridgehead atoms. The predicted octanol–water partition coefficient (Wildman–Crippen LogP) is 1.58. The van der Waals surface area contributed by atoms with Crippen molar-refractivity contribution in [2.24, 2.45) is 5.92 Å². The van der Waals surface area contributed by atoms with Crippen LogP contribution in [0.1, 0.15) is 43.7 Å². The van der Waals surface area contributed by atoms with Crippen LogP contribution in [0.5, 0.6) is 0 Å². The van der Waals surface area contributed by atoms with E-state index in [4.69, 9.17) is 4.52 Å². The summed E-state index contributed by atoms with van der Waals surface area (Å²) in [6.45, 7) is 11.7. The van der Waals surface area contributed by atoms with Crippen molar-refractivity contribution < 1.29 is 14.1 Å². The highest BCUT2D eigenvalue weighted by Gasteiger charge is 2.41. The van der Waals surface area contributed by atoms with E-state index in [-0.39, 0.29) is 23.8 Å². The Balaban J connectivity index is 1.72. The van der Waals surface area contributed by atoms with E-state index in [1.54, 1.807) is 0 Å². The first-order valence-corrected chi connectivity index (χ1v) is 9.66. The van der Waals surface area contributed by atoms with Gasteiger partial charge in [-0.05, 0) is 40.5 Å². The van der Waals surface area contributed by atoms with Crippen molar-refractivity contribution in [3.8, 4) is 0 Å². The predicted molar refractivity (Wildman–Crippen MR) is 97.4 cm³/mol. The summed E-state index contributed by atoms with van der Waals surface area (Å²) in [6, 6.07) is 0.152. The average molecular weight is 362 g/mol. The second-order valence-corrected chi connectivity index (χ2v) is 7.46. The summed E-state index contributed by atoms with van der Waals surface area (Å²) in [7, 11) is 0. The van der Waals surface area contributed by atoms with Crippen LogP contribution < -0.4 is 0 Å². The number of carbonyl (C=O) groups excluding carboxylic acids is 2. The standard InChI is InChI=1S/C19H30N4O3/c1-5-22(6-2)18(24)12-21-9-15-7-8-16(10-21)23(19(15)25)11-17-13(3)20-26-14(17)4/h15-16H,5-12H2,1-4H3/t15-,16+/m1/s1. The number of fused-ring (bicyclic) bond motifs is 4. The van der Waals surface area contributed by atoms with Gasteiger partial charge in [0.05, 0.1) is 24.7 Å². The molecule has 2 atom stereocenters. The number of hydrogen-bond acceptors (Lipinski definition) is 5. The van der Waals surface area contributed by atoms with Gasteiger partial charge in [-0.15, -0.1) is 0 Å². The summed E-state index contributed by atoms with van der Waals surface area (Å²) in [5.41, 5.74) is 1.86. The maximum atomic E-state index is 13.0. The number of aromatic nitrogens is 1. The minimum absolute atomic E-state index is 0.0151. The van der Waals surface area contributed by atoms with E-state index in [9.17, 15) is 9.59 Å². The molecule has 7 heteroatoms. The van der Waals surface area contributed by atoms with E-state index in [2.05, 4.69) is 10.1 Å². The Labute approximate surface area is 155 Å². The Kier molecular flexibility index (Phi) is 5.65. The molecule has 3 aliphatic rings. The zero-order chi connectivity index (χ0) is 18.8. The van der Waals surface area contributed by atoms with E-state index in [0.717, 1.165) is 49.5 Å². The third-order valence-corrected chi connectivity index (χ3v) is 5.85. The maximum absolute atomic E-state index is 13.0. The Morgan fingerprint density at radius 1 is 1.23 bits per heavy atom. The van der Waals surface area contributed by atoms with E-state index in [1.165, 1.54) is 0 Å². The fraction of sp³-hybridized carbons (Fsp3) is 0.737. The van der Waals surface area contributed by atoms with Gasteiger partial charge in [0, 0.05) is 37.8 Å². The molecule has 0 N–H and O–H groups in total. The molecule has 4 heterocycles. The van der Waals surface area contributed by atoms with E-state index in [0.29, 0.717) is 19.6 Å². The summed E-state index contributed by atoms with van der Waals surface area (Å²) >= 11 is 0. The van der Waals surface area contributed by atoms with Crippen LogP contribution in [0.15, 0.2) is 4.52 Å². The van der Waals surface area contributed by atoms with Crippen LogP contribution in [0.25, 0.3) is 0 Å². The number of amides is 2. The van der Waals surface area contributed by atoms with Crippen LogP contribution in [0, 0.1) is 19.8 Å². The molecule has 0 unspecified atom stereocenters. The molecule has 3 aliphatic heterocycles. The second-order valence-electron chi connectivity index (χ2n) is 7.46. The number of likely N-dealkylation sites (N-methyl/N-ethyl adjacent to an activating group) is 1. The van der Waals surface area contributed by atoms with Gasteiger partial charge >= 0.3 is 0 Å². The summed E-state index contributed by atoms with van der Waals surface area (Å²) in [4.78, 5) is 31.5. The molecule has 0 spiro atoms. The lowest BCUT2D eigenvalue weighted by atomic mass is 9.93. The van der Waals surface area contributed by atoms with Crippen molar-refractivity contribution in [3.05, 3.63) is 17.0 Å². The van der Waals surface area contributed by atoms with Gasteiger partial charge in [0.15, 0.2) is 0 Å². The summed E-state index contributed by atoms with van der Waals surface area (Å²) < 4.78 is 5.26. The van der Waals surface area contributed by atoms with Gasteiger partial charge < -0.3 is 14.3 Å². The lowest BCUT2D eigenvalue weighted by Crippen LogP contribution is -2.47. The number of hydrogen-bond donors (Lipinski definition) is 0. The number of carbonyl (C=O) groups is 2. The number of aryl methyl sites for hydroxylation is 2. The van der Waals surface area contributed by atoms with Crippen molar-refractivity contribution in [1.29, 1.82) is 0 Å². The molecule has 3 saturated heterocycles. The molecular weight excluding hydrogens is 332 g/mol. The molecule has 1 aromatic rings. The third-order valence-electron chi connectivity index (χ3n) is 5.85. The molecule has 0 saturated carbocycles.